The smallest absolute Gasteiger partial charge is 0.233 e. The molecule has 1 amide bonds. The number of carbonyl (C=O) groups is 1. The fourth-order valence-corrected chi connectivity index (χ4v) is 3.20. The average molecular weight is 267 g/mol. The minimum absolute atomic E-state index is 0.0890. The molecule has 2 heterocycles. The molecule has 1 saturated heterocycles. The van der Waals surface area contributed by atoms with E-state index < -0.39 is 0 Å². The maximum absolute atomic E-state index is 12.3. The van der Waals surface area contributed by atoms with Gasteiger partial charge in [0.15, 0.2) is 5.13 Å². The van der Waals surface area contributed by atoms with Crippen LogP contribution in [-0.4, -0.2) is 24.0 Å². The maximum Gasteiger partial charge on any atom is 0.233 e. The van der Waals surface area contributed by atoms with Crippen molar-refractivity contribution >= 4 is 22.4 Å². The first-order valence-corrected chi connectivity index (χ1v) is 7.35. The number of anilines is 1. The van der Waals surface area contributed by atoms with Gasteiger partial charge < -0.3 is 10.6 Å². The Bertz CT molecular complexity index is 435. The van der Waals surface area contributed by atoms with Crippen molar-refractivity contribution in [3.63, 3.8) is 0 Å². The molecule has 18 heavy (non-hydrogen) atoms. The molecule has 1 aliphatic rings. The fraction of sp³-hybridized carbons (Fsp3) is 0.692. The molecule has 0 aromatic carbocycles. The monoisotopic (exact) mass is 267 g/mol. The number of hydrogen-bond acceptors (Lipinski definition) is 4. The van der Waals surface area contributed by atoms with Crippen LogP contribution in [0.15, 0.2) is 0 Å². The summed E-state index contributed by atoms with van der Waals surface area (Å²) < 4.78 is 0. The Morgan fingerprint density at radius 1 is 1.61 bits per heavy atom. The fourth-order valence-electron chi connectivity index (χ4n) is 2.31. The highest BCUT2D eigenvalue weighted by Gasteiger charge is 2.35. The highest BCUT2D eigenvalue weighted by molar-refractivity contribution is 7.15. The van der Waals surface area contributed by atoms with Gasteiger partial charge in [0.25, 0.3) is 0 Å². The Morgan fingerprint density at radius 3 is 2.94 bits per heavy atom. The van der Waals surface area contributed by atoms with Crippen molar-refractivity contribution < 1.29 is 4.79 Å². The lowest BCUT2D eigenvalue weighted by atomic mass is 9.82. The summed E-state index contributed by atoms with van der Waals surface area (Å²) in [5.74, 6) is 0.0890. The molecule has 1 aromatic rings. The van der Waals surface area contributed by atoms with Crippen LogP contribution in [0.25, 0.3) is 0 Å². The Morgan fingerprint density at radius 2 is 2.39 bits per heavy atom. The van der Waals surface area contributed by atoms with Crippen molar-refractivity contribution in [3.05, 3.63) is 10.6 Å². The maximum atomic E-state index is 12.3. The molecule has 4 nitrogen and oxygen atoms in total. The van der Waals surface area contributed by atoms with Crippen molar-refractivity contribution in [2.75, 3.05) is 18.4 Å². The second-order valence-electron chi connectivity index (χ2n) is 5.17. The van der Waals surface area contributed by atoms with Crippen LogP contribution < -0.4 is 10.6 Å². The molecule has 1 aromatic heterocycles. The second kappa shape index (κ2) is 5.36. The Hall–Kier alpha value is -0.940. The average Bonchev–Trinajstić information content (AvgIpc) is 2.70. The molecule has 1 atom stereocenters. The SMILES string of the molecule is CCc1nc(NC(=O)C2(C)CCCNC2)sc1C. The number of amides is 1. The van der Waals surface area contributed by atoms with E-state index in [2.05, 4.69) is 29.5 Å². The lowest BCUT2D eigenvalue weighted by Crippen LogP contribution is -2.46. The van der Waals surface area contributed by atoms with Crippen molar-refractivity contribution in [3.8, 4) is 0 Å². The molecule has 0 radical (unpaired) electrons. The van der Waals surface area contributed by atoms with E-state index >= 15 is 0 Å². The van der Waals surface area contributed by atoms with Gasteiger partial charge >= 0.3 is 0 Å². The molecule has 1 unspecified atom stereocenters. The summed E-state index contributed by atoms with van der Waals surface area (Å²) >= 11 is 1.57. The van der Waals surface area contributed by atoms with Gasteiger partial charge in [-0.25, -0.2) is 4.98 Å². The van der Waals surface area contributed by atoms with Crippen LogP contribution in [0.3, 0.4) is 0 Å². The third-order valence-electron chi connectivity index (χ3n) is 3.59. The molecular weight excluding hydrogens is 246 g/mol. The Balaban J connectivity index is 2.05. The first-order chi connectivity index (χ1) is 8.55. The van der Waals surface area contributed by atoms with Gasteiger partial charge in [0.1, 0.15) is 0 Å². The minimum Gasteiger partial charge on any atom is -0.316 e. The number of nitrogens with zero attached hydrogens (tertiary/aromatic N) is 1. The van der Waals surface area contributed by atoms with Crippen LogP contribution in [0.5, 0.6) is 0 Å². The van der Waals surface area contributed by atoms with Crippen LogP contribution in [0.4, 0.5) is 5.13 Å². The number of aryl methyl sites for hydroxylation is 2. The van der Waals surface area contributed by atoms with E-state index in [1.807, 2.05) is 6.92 Å². The minimum atomic E-state index is -0.301. The van der Waals surface area contributed by atoms with Crippen molar-refractivity contribution in [1.82, 2.24) is 10.3 Å². The predicted molar refractivity (Wildman–Crippen MR) is 75.1 cm³/mol. The third-order valence-corrected chi connectivity index (χ3v) is 4.52. The van der Waals surface area contributed by atoms with E-state index in [1.165, 1.54) is 4.88 Å². The standard InChI is InChI=1S/C13H21N3OS/c1-4-10-9(2)18-12(15-10)16-11(17)13(3)6-5-7-14-8-13/h14H,4-8H2,1-3H3,(H,15,16,17). The van der Waals surface area contributed by atoms with E-state index in [9.17, 15) is 4.79 Å². The van der Waals surface area contributed by atoms with Gasteiger partial charge in [-0.1, -0.05) is 6.92 Å². The van der Waals surface area contributed by atoms with Gasteiger partial charge in [-0.15, -0.1) is 11.3 Å². The largest absolute Gasteiger partial charge is 0.316 e. The molecular formula is C13H21N3OS. The van der Waals surface area contributed by atoms with Crippen molar-refractivity contribution in [1.29, 1.82) is 0 Å². The Labute approximate surface area is 112 Å². The normalized spacial score (nSPS) is 23.9. The zero-order chi connectivity index (χ0) is 13.2. The van der Waals surface area contributed by atoms with Gasteiger partial charge in [0.05, 0.1) is 11.1 Å². The second-order valence-corrected chi connectivity index (χ2v) is 6.37. The van der Waals surface area contributed by atoms with Crippen LogP contribution >= 0.6 is 11.3 Å². The number of rotatable bonds is 3. The zero-order valence-electron chi connectivity index (χ0n) is 11.3. The molecule has 0 aliphatic carbocycles. The quantitative estimate of drug-likeness (QED) is 0.884. The zero-order valence-corrected chi connectivity index (χ0v) is 12.1. The van der Waals surface area contributed by atoms with Gasteiger partial charge in [-0.3, -0.25) is 4.79 Å². The van der Waals surface area contributed by atoms with E-state index in [-0.39, 0.29) is 11.3 Å². The first-order valence-electron chi connectivity index (χ1n) is 6.53. The summed E-state index contributed by atoms with van der Waals surface area (Å²) in [5.41, 5.74) is 0.784. The number of carbonyl (C=O) groups excluding carboxylic acids is 1. The van der Waals surface area contributed by atoms with Crippen LogP contribution in [0.2, 0.25) is 0 Å². The molecule has 0 saturated carbocycles. The highest BCUT2D eigenvalue weighted by atomic mass is 32.1. The molecule has 2 N–H and O–H groups in total. The number of hydrogen-bond donors (Lipinski definition) is 2. The lowest BCUT2D eigenvalue weighted by Gasteiger charge is -2.32. The van der Waals surface area contributed by atoms with Crippen LogP contribution in [-0.2, 0) is 11.2 Å². The molecule has 2 rings (SSSR count). The number of thiazole rings is 1. The van der Waals surface area contributed by atoms with E-state index in [1.54, 1.807) is 11.3 Å². The van der Waals surface area contributed by atoms with Crippen LogP contribution in [0, 0.1) is 12.3 Å². The van der Waals surface area contributed by atoms with E-state index in [4.69, 9.17) is 0 Å². The predicted octanol–water partition coefficient (Wildman–Crippen LogP) is 2.34. The summed E-state index contributed by atoms with van der Waals surface area (Å²) in [7, 11) is 0. The van der Waals surface area contributed by atoms with Gasteiger partial charge in [-0.05, 0) is 39.7 Å². The number of nitrogens with one attached hydrogen (secondary N) is 2. The van der Waals surface area contributed by atoms with Crippen LogP contribution in [0.1, 0.15) is 37.3 Å². The molecule has 1 fully saturated rings. The summed E-state index contributed by atoms with van der Waals surface area (Å²) in [6, 6.07) is 0. The van der Waals surface area contributed by atoms with Crippen molar-refractivity contribution in [2.24, 2.45) is 5.41 Å². The van der Waals surface area contributed by atoms with E-state index in [0.717, 1.165) is 43.2 Å². The third kappa shape index (κ3) is 2.72. The van der Waals surface area contributed by atoms with Gasteiger partial charge in [0, 0.05) is 11.4 Å². The van der Waals surface area contributed by atoms with E-state index in [0.29, 0.717) is 0 Å². The topological polar surface area (TPSA) is 54.0 Å². The first kappa shape index (κ1) is 13.5. The molecule has 0 bridgehead atoms. The Kier molecular flexibility index (Phi) is 4.02. The van der Waals surface area contributed by atoms with Gasteiger partial charge in [-0.2, -0.15) is 0 Å². The summed E-state index contributed by atoms with van der Waals surface area (Å²) in [6.45, 7) is 7.93. The lowest BCUT2D eigenvalue weighted by molar-refractivity contribution is -0.125. The van der Waals surface area contributed by atoms with Gasteiger partial charge in [0.2, 0.25) is 5.91 Å². The molecule has 100 valence electrons. The summed E-state index contributed by atoms with van der Waals surface area (Å²) in [5, 5.41) is 7.01. The summed E-state index contributed by atoms with van der Waals surface area (Å²) in [4.78, 5) is 18.0. The number of piperidine rings is 1. The molecule has 5 heteroatoms. The molecule has 0 spiro atoms. The summed E-state index contributed by atoms with van der Waals surface area (Å²) in [6.07, 6.45) is 2.91. The number of aromatic nitrogens is 1. The van der Waals surface area contributed by atoms with Crippen molar-refractivity contribution in [2.45, 2.75) is 40.0 Å². The highest BCUT2D eigenvalue weighted by Crippen LogP contribution is 2.29. The molecule has 1 aliphatic heterocycles.